The number of hydrogen-bond acceptors (Lipinski definition) is 8. The van der Waals surface area contributed by atoms with Crippen molar-refractivity contribution in [3.63, 3.8) is 0 Å². The van der Waals surface area contributed by atoms with Crippen molar-refractivity contribution in [3.05, 3.63) is 38.7 Å². The van der Waals surface area contributed by atoms with Gasteiger partial charge in [-0.15, -0.1) is 11.3 Å². The summed E-state index contributed by atoms with van der Waals surface area (Å²) in [5.41, 5.74) is -0.0461. The molecule has 0 bridgehead atoms. The van der Waals surface area contributed by atoms with Crippen LogP contribution >= 0.6 is 11.3 Å². The summed E-state index contributed by atoms with van der Waals surface area (Å²) in [5, 5.41) is 16.5. The predicted molar refractivity (Wildman–Crippen MR) is 102 cm³/mol. The van der Waals surface area contributed by atoms with Crippen LogP contribution in [0.1, 0.15) is 17.7 Å². The molecule has 2 aliphatic rings. The van der Waals surface area contributed by atoms with Crippen molar-refractivity contribution in [2.45, 2.75) is 25.3 Å². The standard InChI is InChI=1S/C17H22N6O2S/c24-23(25)15-12-18-17(20-16(15)19-13-3-4-13)22-9-7-21(8-10-22)6-5-14-2-1-11-26-14/h1-2,11-13H,3-10H2,(H,18,19,20). The van der Waals surface area contributed by atoms with Gasteiger partial charge in [-0.05, 0) is 30.7 Å². The quantitative estimate of drug-likeness (QED) is 0.588. The fourth-order valence-electron chi connectivity index (χ4n) is 3.07. The smallest absolute Gasteiger partial charge is 0.329 e. The molecular formula is C17H22N6O2S. The molecule has 0 radical (unpaired) electrons. The number of nitrogens with one attached hydrogen (secondary N) is 1. The Hall–Kier alpha value is -2.26. The van der Waals surface area contributed by atoms with Crippen molar-refractivity contribution in [2.24, 2.45) is 0 Å². The van der Waals surface area contributed by atoms with E-state index in [0.717, 1.165) is 52.0 Å². The zero-order valence-corrected chi connectivity index (χ0v) is 15.3. The van der Waals surface area contributed by atoms with Crippen LogP contribution < -0.4 is 10.2 Å². The summed E-state index contributed by atoms with van der Waals surface area (Å²) in [6.07, 6.45) is 4.50. The third-order valence-electron chi connectivity index (χ3n) is 4.78. The van der Waals surface area contributed by atoms with Gasteiger partial charge in [0.05, 0.1) is 4.92 Å². The van der Waals surface area contributed by atoms with Crippen molar-refractivity contribution in [1.82, 2.24) is 14.9 Å². The molecule has 0 atom stereocenters. The lowest BCUT2D eigenvalue weighted by Crippen LogP contribution is -2.47. The minimum atomic E-state index is -0.420. The van der Waals surface area contributed by atoms with Crippen LogP contribution in [0.15, 0.2) is 23.7 Å². The van der Waals surface area contributed by atoms with Gasteiger partial charge in [0.1, 0.15) is 6.20 Å². The Morgan fingerprint density at radius 3 is 2.77 bits per heavy atom. The van der Waals surface area contributed by atoms with Crippen molar-refractivity contribution in [2.75, 3.05) is 42.9 Å². The summed E-state index contributed by atoms with van der Waals surface area (Å²) in [6.45, 7) is 4.65. The highest BCUT2D eigenvalue weighted by Gasteiger charge is 2.28. The molecule has 3 heterocycles. The largest absolute Gasteiger partial charge is 0.361 e. The van der Waals surface area contributed by atoms with Crippen LogP contribution in [0.25, 0.3) is 0 Å². The van der Waals surface area contributed by atoms with Gasteiger partial charge in [0.2, 0.25) is 11.8 Å². The zero-order valence-electron chi connectivity index (χ0n) is 14.5. The molecule has 0 spiro atoms. The van der Waals surface area contributed by atoms with Gasteiger partial charge in [0.15, 0.2) is 0 Å². The molecule has 1 aliphatic carbocycles. The lowest BCUT2D eigenvalue weighted by atomic mass is 10.2. The third-order valence-corrected chi connectivity index (χ3v) is 5.72. The Morgan fingerprint density at radius 1 is 1.31 bits per heavy atom. The van der Waals surface area contributed by atoms with E-state index in [1.54, 1.807) is 11.3 Å². The van der Waals surface area contributed by atoms with Crippen molar-refractivity contribution >= 4 is 28.8 Å². The molecule has 138 valence electrons. The maximum Gasteiger partial charge on any atom is 0.329 e. The van der Waals surface area contributed by atoms with E-state index >= 15 is 0 Å². The predicted octanol–water partition coefficient (Wildman–Crippen LogP) is 2.39. The summed E-state index contributed by atoms with van der Waals surface area (Å²) in [4.78, 5) is 25.4. The minimum Gasteiger partial charge on any atom is -0.361 e. The van der Waals surface area contributed by atoms with Gasteiger partial charge in [-0.3, -0.25) is 15.0 Å². The zero-order chi connectivity index (χ0) is 17.9. The molecule has 1 saturated heterocycles. The van der Waals surface area contributed by atoms with Crippen LogP contribution in [0, 0.1) is 10.1 Å². The maximum atomic E-state index is 11.2. The fraction of sp³-hybridized carbons (Fsp3) is 0.529. The first-order valence-corrected chi connectivity index (χ1v) is 9.84. The molecule has 2 fully saturated rings. The Kier molecular flexibility index (Phi) is 4.98. The van der Waals surface area contributed by atoms with Gasteiger partial charge in [0.25, 0.3) is 0 Å². The summed E-state index contributed by atoms with van der Waals surface area (Å²) in [6, 6.07) is 4.59. The summed E-state index contributed by atoms with van der Waals surface area (Å²) >= 11 is 1.80. The van der Waals surface area contributed by atoms with Crippen LogP contribution in [0.4, 0.5) is 17.5 Å². The molecule has 1 aliphatic heterocycles. The molecule has 26 heavy (non-hydrogen) atoms. The van der Waals surface area contributed by atoms with Gasteiger partial charge in [-0.1, -0.05) is 6.07 Å². The molecule has 0 amide bonds. The molecule has 1 saturated carbocycles. The van der Waals surface area contributed by atoms with E-state index in [9.17, 15) is 10.1 Å². The average molecular weight is 374 g/mol. The molecule has 2 aromatic rings. The number of hydrogen-bond donors (Lipinski definition) is 1. The number of nitrogens with zero attached hydrogens (tertiary/aromatic N) is 5. The monoisotopic (exact) mass is 374 g/mol. The Labute approximate surface area is 156 Å². The molecule has 2 aromatic heterocycles. The van der Waals surface area contributed by atoms with Crippen LogP contribution in [0.5, 0.6) is 0 Å². The minimum absolute atomic E-state index is 0.0461. The number of anilines is 2. The van der Waals surface area contributed by atoms with E-state index in [1.807, 2.05) is 0 Å². The molecule has 0 unspecified atom stereocenters. The molecule has 9 heteroatoms. The second-order valence-corrected chi connectivity index (χ2v) is 7.77. The number of piperazine rings is 1. The molecule has 0 aromatic carbocycles. The first-order valence-electron chi connectivity index (χ1n) is 8.97. The van der Waals surface area contributed by atoms with E-state index in [-0.39, 0.29) is 5.69 Å². The summed E-state index contributed by atoms with van der Waals surface area (Å²) < 4.78 is 0. The first-order chi connectivity index (χ1) is 12.7. The molecule has 4 rings (SSSR count). The van der Waals surface area contributed by atoms with Crippen molar-refractivity contribution in [3.8, 4) is 0 Å². The van der Waals surface area contributed by atoms with Crippen LogP contribution in [-0.2, 0) is 6.42 Å². The van der Waals surface area contributed by atoms with Gasteiger partial charge < -0.3 is 10.2 Å². The summed E-state index contributed by atoms with van der Waals surface area (Å²) in [7, 11) is 0. The molecule has 1 N–H and O–H groups in total. The number of thiophene rings is 1. The highest BCUT2D eigenvalue weighted by molar-refractivity contribution is 7.09. The van der Waals surface area contributed by atoms with Crippen molar-refractivity contribution in [1.29, 1.82) is 0 Å². The SMILES string of the molecule is O=[N+]([O-])c1cnc(N2CCN(CCc3cccs3)CC2)nc1NC1CC1. The third kappa shape index (κ3) is 4.10. The van der Waals surface area contributed by atoms with E-state index in [4.69, 9.17) is 0 Å². The van der Waals surface area contributed by atoms with E-state index in [1.165, 1.54) is 11.1 Å². The van der Waals surface area contributed by atoms with Gasteiger partial charge in [0, 0.05) is 43.6 Å². The van der Waals surface area contributed by atoms with Crippen LogP contribution in [0.2, 0.25) is 0 Å². The van der Waals surface area contributed by atoms with Gasteiger partial charge in [-0.2, -0.15) is 4.98 Å². The second-order valence-electron chi connectivity index (χ2n) is 6.74. The van der Waals surface area contributed by atoms with E-state index < -0.39 is 4.92 Å². The first kappa shape index (κ1) is 17.2. The van der Waals surface area contributed by atoms with E-state index in [0.29, 0.717) is 17.8 Å². The van der Waals surface area contributed by atoms with Crippen molar-refractivity contribution < 1.29 is 4.92 Å². The Balaban J connectivity index is 1.36. The highest BCUT2D eigenvalue weighted by atomic mass is 32.1. The topological polar surface area (TPSA) is 87.4 Å². The lowest BCUT2D eigenvalue weighted by molar-refractivity contribution is -0.384. The Morgan fingerprint density at radius 2 is 2.12 bits per heavy atom. The Bertz CT molecular complexity index is 757. The lowest BCUT2D eigenvalue weighted by Gasteiger charge is -2.34. The highest BCUT2D eigenvalue weighted by Crippen LogP contribution is 2.30. The normalized spacial score (nSPS) is 18.1. The van der Waals surface area contributed by atoms with Gasteiger partial charge in [-0.25, -0.2) is 4.98 Å². The average Bonchev–Trinajstić information content (AvgIpc) is 3.31. The van der Waals surface area contributed by atoms with Crippen LogP contribution in [0.3, 0.4) is 0 Å². The number of nitro groups is 1. The number of rotatable bonds is 7. The van der Waals surface area contributed by atoms with Gasteiger partial charge >= 0.3 is 5.69 Å². The van der Waals surface area contributed by atoms with Crippen LogP contribution in [-0.4, -0.2) is 58.6 Å². The maximum absolute atomic E-state index is 11.2. The van der Waals surface area contributed by atoms with E-state index in [2.05, 4.69) is 42.6 Å². The molecule has 8 nitrogen and oxygen atoms in total. The number of aromatic nitrogens is 2. The fourth-order valence-corrected chi connectivity index (χ4v) is 3.77. The summed E-state index contributed by atoms with van der Waals surface area (Å²) in [5.74, 6) is 0.930. The second kappa shape index (κ2) is 7.55. The molecular weight excluding hydrogens is 352 g/mol.